The fraction of sp³-hybridized carbons (Fsp3) is 0.368. The molecule has 3 heterocycles. The number of amides is 1. The molecule has 25 heavy (non-hydrogen) atoms. The second-order valence-electron chi connectivity index (χ2n) is 6.49. The third-order valence-electron chi connectivity index (χ3n) is 4.73. The Kier molecular flexibility index (Phi) is 4.17. The highest BCUT2D eigenvalue weighted by Crippen LogP contribution is 2.35. The highest BCUT2D eigenvalue weighted by Gasteiger charge is 2.23. The van der Waals surface area contributed by atoms with Gasteiger partial charge >= 0.3 is 0 Å². The molecule has 1 aromatic carbocycles. The number of nitrogens with zero attached hydrogens (tertiary/aromatic N) is 1. The van der Waals surface area contributed by atoms with Crippen molar-refractivity contribution in [1.82, 2.24) is 10.3 Å². The van der Waals surface area contributed by atoms with Crippen LogP contribution in [0.25, 0.3) is 0 Å². The molecule has 0 spiro atoms. The Hall–Kier alpha value is -2.76. The van der Waals surface area contributed by atoms with Crippen LogP contribution in [0.15, 0.2) is 36.5 Å². The number of rotatable bonds is 4. The summed E-state index contributed by atoms with van der Waals surface area (Å²) in [5.74, 6) is 2.53. The SMILES string of the molecule is C[C@@H](CC(=O)NC1CCNc2ncccc21)c1ccc2c(c1)OCO2. The van der Waals surface area contributed by atoms with E-state index in [1.807, 2.05) is 30.3 Å². The van der Waals surface area contributed by atoms with Gasteiger partial charge in [0.25, 0.3) is 0 Å². The fourth-order valence-corrected chi connectivity index (χ4v) is 3.36. The van der Waals surface area contributed by atoms with Crippen molar-refractivity contribution >= 4 is 11.7 Å². The van der Waals surface area contributed by atoms with Gasteiger partial charge in [0.15, 0.2) is 11.5 Å². The number of carbonyl (C=O) groups is 1. The van der Waals surface area contributed by atoms with E-state index in [-0.39, 0.29) is 24.7 Å². The number of anilines is 1. The topological polar surface area (TPSA) is 72.5 Å². The van der Waals surface area contributed by atoms with Crippen molar-refractivity contribution in [2.24, 2.45) is 0 Å². The van der Waals surface area contributed by atoms with Crippen LogP contribution in [0.3, 0.4) is 0 Å². The van der Waals surface area contributed by atoms with Gasteiger partial charge in [-0.2, -0.15) is 0 Å². The first-order valence-corrected chi connectivity index (χ1v) is 8.58. The van der Waals surface area contributed by atoms with Gasteiger partial charge in [0.1, 0.15) is 5.82 Å². The Morgan fingerprint density at radius 1 is 1.36 bits per heavy atom. The molecule has 130 valence electrons. The van der Waals surface area contributed by atoms with Crippen LogP contribution in [0, 0.1) is 0 Å². The Bertz CT molecular complexity index is 793. The van der Waals surface area contributed by atoms with Gasteiger partial charge in [0, 0.05) is 24.7 Å². The van der Waals surface area contributed by atoms with Crippen molar-refractivity contribution in [3.05, 3.63) is 47.7 Å². The largest absolute Gasteiger partial charge is 0.454 e. The normalized spacial score (nSPS) is 18.8. The number of ether oxygens (including phenoxy) is 2. The van der Waals surface area contributed by atoms with Gasteiger partial charge in [-0.1, -0.05) is 19.1 Å². The van der Waals surface area contributed by atoms with Crippen molar-refractivity contribution < 1.29 is 14.3 Å². The molecule has 2 aromatic rings. The quantitative estimate of drug-likeness (QED) is 0.896. The molecule has 2 N–H and O–H groups in total. The average Bonchev–Trinajstić information content (AvgIpc) is 3.09. The maximum absolute atomic E-state index is 12.5. The third-order valence-corrected chi connectivity index (χ3v) is 4.73. The van der Waals surface area contributed by atoms with Crippen molar-refractivity contribution in [3.8, 4) is 11.5 Å². The van der Waals surface area contributed by atoms with Crippen molar-refractivity contribution in [2.75, 3.05) is 18.7 Å². The maximum atomic E-state index is 12.5. The van der Waals surface area contributed by atoms with E-state index in [1.54, 1.807) is 6.20 Å². The zero-order chi connectivity index (χ0) is 17.2. The number of aromatic nitrogens is 1. The van der Waals surface area contributed by atoms with Gasteiger partial charge < -0.3 is 20.1 Å². The van der Waals surface area contributed by atoms with E-state index in [0.717, 1.165) is 41.4 Å². The molecule has 0 saturated heterocycles. The molecule has 0 aliphatic carbocycles. The highest BCUT2D eigenvalue weighted by molar-refractivity contribution is 5.77. The molecule has 6 heteroatoms. The number of fused-ring (bicyclic) bond motifs is 2. The lowest BCUT2D eigenvalue weighted by atomic mass is 9.96. The lowest BCUT2D eigenvalue weighted by molar-refractivity contribution is -0.122. The zero-order valence-corrected chi connectivity index (χ0v) is 14.1. The Morgan fingerprint density at radius 2 is 2.24 bits per heavy atom. The smallest absolute Gasteiger partial charge is 0.231 e. The van der Waals surface area contributed by atoms with Crippen LogP contribution in [0.4, 0.5) is 5.82 Å². The molecular weight excluding hydrogens is 318 g/mol. The zero-order valence-electron chi connectivity index (χ0n) is 14.1. The van der Waals surface area contributed by atoms with E-state index >= 15 is 0 Å². The summed E-state index contributed by atoms with van der Waals surface area (Å²) in [7, 11) is 0. The second kappa shape index (κ2) is 6.63. The van der Waals surface area contributed by atoms with Crippen LogP contribution < -0.4 is 20.1 Å². The van der Waals surface area contributed by atoms with E-state index in [4.69, 9.17) is 9.47 Å². The van der Waals surface area contributed by atoms with Gasteiger partial charge in [-0.25, -0.2) is 4.98 Å². The Morgan fingerprint density at radius 3 is 3.16 bits per heavy atom. The molecule has 4 rings (SSSR count). The molecule has 1 aromatic heterocycles. The Labute approximate surface area is 146 Å². The molecule has 1 unspecified atom stereocenters. The minimum atomic E-state index is 0.0152. The lowest BCUT2D eigenvalue weighted by Gasteiger charge is -2.27. The van der Waals surface area contributed by atoms with Crippen LogP contribution in [0.5, 0.6) is 11.5 Å². The summed E-state index contributed by atoms with van der Waals surface area (Å²) in [4.78, 5) is 16.9. The van der Waals surface area contributed by atoms with E-state index in [2.05, 4.69) is 22.5 Å². The fourth-order valence-electron chi connectivity index (χ4n) is 3.36. The van der Waals surface area contributed by atoms with Crippen LogP contribution in [-0.4, -0.2) is 24.2 Å². The van der Waals surface area contributed by atoms with Gasteiger partial charge in [-0.05, 0) is 36.1 Å². The molecule has 2 aliphatic heterocycles. The lowest BCUT2D eigenvalue weighted by Crippen LogP contribution is -2.33. The summed E-state index contributed by atoms with van der Waals surface area (Å²) >= 11 is 0. The van der Waals surface area contributed by atoms with Gasteiger partial charge in [0.05, 0.1) is 6.04 Å². The molecule has 6 nitrogen and oxygen atoms in total. The molecule has 0 saturated carbocycles. The Balaban J connectivity index is 1.41. The summed E-state index contributed by atoms with van der Waals surface area (Å²) in [6.07, 6.45) is 3.06. The number of carbonyl (C=O) groups excluding carboxylic acids is 1. The van der Waals surface area contributed by atoms with E-state index < -0.39 is 0 Å². The number of pyridine rings is 1. The van der Waals surface area contributed by atoms with Crippen LogP contribution >= 0.6 is 0 Å². The standard InChI is InChI=1S/C19H21N3O3/c1-12(13-4-5-16-17(10-13)25-11-24-16)9-18(23)22-15-6-8-21-19-14(15)3-2-7-20-19/h2-5,7,10,12,15H,6,8-9,11H2,1H3,(H,20,21)(H,22,23)/t12-,15?/m0/s1. The van der Waals surface area contributed by atoms with Crippen molar-refractivity contribution in [3.63, 3.8) is 0 Å². The second-order valence-corrected chi connectivity index (χ2v) is 6.49. The van der Waals surface area contributed by atoms with Gasteiger partial charge in [-0.15, -0.1) is 0 Å². The molecular formula is C19H21N3O3. The predicted octanol–water partition coefficient (Wildman–Crippen LogP) is 2.98. The first-order chi connectivity index (χ1) is 12.2. The van der Waals surface area contributed by atoms with E-state index in [0.29, 0.717) is 6.42 Å². The number of nitrogens with one attached hydrogen (secondary N) is 2. The first kappa shape index (κ1) is 15.7. The summed E-state index contributed by atoms with van der Waals surface area (Å²) in [6.45, 7) is 3.12. The summed E-state index contributed by atoms with van der Waals surface area (Å²) in [5, 5.41) is 6.42. The maximum Gasteiger partial charge on any atom is 0.231 e. The third kappa shape index (κ3) is 3.24. The van der Waals surface area contributed by atoms with Gasteiger partial charge in [0.2, 0.25) is 12.7 Å². The van der Waals surface area contributed by atoms with E-state index in [1.165, 1.54) is 0 Å². The highest BCUT2D eigenvalue weighted by atomic mass is 16.7. The van der Waals surface area contributed by atoms with Crippen molar-refractivity contribution in [2.45, 2.75) is 31.7 Å². The van der Waals surface area contributed by atoms with Gasteiger partial charge in [-0.3, -0.25) is 4.79 Å². The number of hydrogen-bond donors (Lipinski definition) is 2. The average molecular weight is 339 g/mol. The van der Waals surface area contributed by atoms with E-state index in [9.17, 15) is 4.79 Å². The van der Waals surface area contributed by atoms with Crippen LogP contribution in [0.1, 0.15) is 42.9 Å². The number of benzene rings is 1. The molecule has 1 amide bonds. The molecule has 0 fully saturated rings. The molecule has 2 atom stereocenters. The first-order valence-electron chi connectivity index (χ1n) is 8.58. The van der Waals surface area contributed by atoms with Crippen molar-refractivity contribution in [1.29, 1.82) is 0 Å². The number of hydrogen-bond acceptors (Lipinski definition) is 5. The minimum Gasteiger partial charge on any atom is -0.454 e. The predicted molar refractivity (Wildman–Crippen MR) is 93.8 cm³/mol. The summed E-state index contributed by atoms with van der Waals surface area (Å²) in [5.41, 5.74) is 2.13. The molecule has 2 aliphatic rings. The summed E-state index contributed by atoms with van der Waals surface area (Å²) < 4.78 is 10.8. The summed E-state index contributed by atoms with van der Waals surface area (Å²) in [6, 6.07) is 9.79. The molecule has 0 radical (unpaired) electrons. The molecule has 0 bridgehead atoms. The monoisotopic (exact) mass is 339 g/mol. The minimum absolute atomic E-state index is 0.0152. The van der Waals surface area contributed by atoms with Crippen LogP contribution in [-0.2, 0) is 4.79 Å². The van der Waals surface area contributed by atoms with Crippen LogP contribution in [0.2, 0.25) is 0 Å².